The van der Waals surface area contributed by atoms with Gasteiger partial charge >= 0.3 is 6.09 Å². The van der Waals surface area contributed by atoms with Crippen molar-refractivity contribution in [3.05, 3.63) is 22.4 Å². The Hall–Kier alpha value is -1.56. The first-order valence-electron chi connectivity index (χ1n) is 6.66. The molecule has 0 radical (unpaired) electrons. The standard InChI is InChI=1S/C14H20N2O3S/c1-14(2,3)19-13(18)16-7-5-15(6-8-16)12(17)11-4-9-20-10-11/h4,9-10H,5-8H2,1-3H3. The molecule has 0 aromatic carbocycles. The fraction of sp³-hybridized carbons (Fsp3) is 0.571. The fourth-order valence-corrected chi connectivity index (χ4v) is 2.62. The second-order valence-electron chi connectivity index (χ2n) is 5.77. The van der Waals surface area contributed by atoms with Gasteiger partial charge in [-0.1, -0.05) is 0 Å². The predicted octanol–water partition coefficient (Wildman–Crippen LogP) is 2.44. The minimum Gasteiger partial charge on any atom is -0.444 e. The molecule has 2 amide bonds. The summed E-state index contributed by atoms with van der Waals surface area (Å²) in [5.41, 5.74) is 0.237. The van der Waals surface area contributed by atoms with Crippen LogP contribution in [0.3, 0.4) is 0 Å². The average Bonchev–Trinajstić information content (AvgIpc) is 2.90. The van der Waals surface area contributed by atoms with Crippen LogP contribution in [0.15, 0.2) is 16.8 Å². The molecule has 1 fully saturated rings. The van der Waals surface area contributed by atoms with Gasteiger partial charge in [-0.15, -0.1) is 0 Å². The molecule has 5 nitrogen and oxygen atoms in total. The van der Waals surface area contributed by atoms with Gasteiger partial charge in [0.2, 0.25) is 0 Å². The van der Waals surface area contributed by atoms with Crippen LogP contribution < -0.4 is 0 Å². The number of amides is 2. The molecule has 0 aliphatic carbocycles. The van der Waals surface area contributed by atoms with Gasteiger partial charge in [0, 0.05) is 31.6 Å². The Kier molecular flexibility index (Phi) is 4.32. The van der Waals surface area contributed by atoms with Crippen LogP contribution in [0.2, 0.25) is 0 Å². The zero-order valence-corrected chi connectivity index (χ0v) is 12.9. The van der Waals surface area contributed by atoms with Crippen molar-refractivity contribution in [1.29, 1.82) is 0 Å². The zero-order chi connectivity index (χ0) is 14.8. The quantitative estimate of drug-likeness (QED) is 0.800. The van der Waals surface area contributed by atoms with Gasteiger partial charge in [-0.25, -0.2) is 4.79 Å². The van der Waals surface area contributed by atoms with E-state index >= 15 is 0 Å². The predicted molar refractivity (Wildman–Crippen MR) is 78.0 cm³/mol. The molecule has 2 rings (SSSR count). The van der Waals surface area contributed by atoms with E-state index in [0.29, 0.717) is 26.2 Å². The van der Waals surface area contributed by atoms with Crippen LogP contribution in [0, 0.1) is 0 Å². The molecule has 1 aliphatic heterocycles. The highest BCUT2D eigenvalue weighted by Gasteiger charge is 2.28. The molecule has 2 heterocycles. The van der Waals surface area contributed by atoms with Gasteiger partial charge in [-0.3, -0.25) is 4.79 Å². The number of carbonyl (C=O) groups is 2. The molecule has 20 heavy (non-hydrogen) atoms. The Balaban J connectivity index is 1.86. The maximum Gasteiger partial charge on any atom is 0.410 e. The van der Waals surface area contributed by atoms with Crippen LogP contribution in [0.25, 0.3) is 0 Å². The van der Waals surface area contributed by atoms with Crippen molar-refractivity contribution in [1.82, 2.24) is 9.80 Å². The zero-order valence-electron chi connectivity index (χ0n) is 12.1. The Morgan fingerprint density at radius 1 is 1.15 bits per heavy atom. The van der Waals surface area contributed by atoms with Gasteiger partial charge in [0.05, 0.1) is 5.56 Å². The van der Waals surface area contributed by atoms with Gasteiger partial charge in [0.25, 0.3) is 5.91 Å². The Labute approximate surface area is 123 Å². The number of piperazine rings is 1. The van der Waals surface area contributed by atoms with E-state index in [9.17, 15) is 9.59 Å². The molecule has 1 saturated heterocycles. The summed E-state index contributed by atoms with van der Waals surface area (Å²) in [4.78, 5) is 27.5. The molecule has 1 aromatic rings. The first-order chi connectivity index (χ1) is 9.37. The Bertz CT molecular complexity index is 471. The number of ether oxygens (including phenoxy) is 1. The summed E-state index contributed by atoms with van der Waals surface area (Å²) < 4.78 is 5.33. The van der Waals surface area contributed by atoms with Crippen LogP contribution in [0.5, 0.6) is 0 Å². The van der Waals surface area contributed by atoms with E-state index in [4.69, 9.17) is 4.74 Å². The highest BCUT2D eigenvalue weighted by atomic mass is 32.1. The minimum absolute atomic E-state index is 0.0371. The third-order valence-electron chi connectivity index (χ3n) is 2.99. The van der Waals surface area contributed by atoms with Crippen molar-refractivity contribution < 1.29 is 14.3 Å². The molecule has 1 aliphatic rings. The molecule has 0 saturated carbocycles. The Morgan fingerprint density at radius 3 is 2.25 bits per heavy atom. The van der Waals surface area contributed by atoms with E-state index < -0.39 is 5.60 Å². The highest BCUT2D eigenvalue weighted by molar-refractivity contribution is 7.08. The number of carbonyl (C=O) groups excluding carboxylic acids is 2. The van der Waals surface area contributed by atoms with Crippen molar-refractivity contribution in [2.45, 2.75) is 26.4 Å². The highest BCUT2D eigenvalue weighted by Crippen LogP contribution is 2.14. The lowest BCUT2D eigenvalue weighted by molar-refractivity contribution is 0.0141. The summed E-state index contributed by atoms with van der Waals surface area (Å²) in [6.45, 7) is 7.68. The van der Waals surface area contributed by atoms with Gasteiger partial charge in [0.15, 0.2) is 0 Å². The maximum absolute atomic E-state index is 12.2. The summed E-state index contributed by atoms with van der Waals surface area (Å²) in [5, 5.41) is 3.74. The first kappa shape index (κ1) is 14.8. The van der Waals surface area contributed by atoms with Crippen molar-refractivity contribution in [3.63, 3.8) is 0 Å². The van der Waals surface area contributed by atoms with Crippen molar-refractivity contribution in [2.24, 2.45) is 0 Å². The first-order valence-corrected chi connectivity index (χ1v) is 7.60. The van der Waals surface area contributed by atoms with Gasteiger partial charge < -0.3 is 14.5 Å². The molecule has 110 valence electrons. The van der Waals surface area contributed by atoms with Crippen molar-refractivity contribution in [2.75, 3.05) is 26.2 Å². The lowest BCUT2D eigenvalue weighted by Crippen LogP contribution is -2.51. The summed E-state index contributed by atoms with van der Waals surface area (Å²) in [7, 11) is 0. The van der Waals surface area contributed by atoms with Crippen LogP contribution in [-0.2, 0) is 4.74 Å². The number of hydrogen-bond donors (Lipinski definition) is 0. The number of nitrogens with zero attached hydrogens (tertiary/aromatic N) is 2. The SMILES string of the molecule is CC(C)(C)OC(=O)N1CCN(C(=O)c2ccsc2)CC1. The van der Waals surface area contributed by atoms with Gasteiger partial charge in [-0.05, 0) is 32.2 Å². The van der Waals surface area contributed by atoms with Crippen LogP contribution in [0.4, 0.5) is 4.79 Å². The minimum atomic E-state index is -0.485. The average molecular weight is 296 g/mol. The van der Waals surface area contributed by atoms with Gasteiger partial charge in [-0.2, -0.15) is 11.3 Å². The lowest BCUT2D eigenvalue weighted by atomic mass is 10.2. The molecule has 0 atom stereocenters. The van der Waals surface area contributed by atoms with E-state index in [1.807, 2.05) is 37.6 Å². The van der Waals surface area contributed by atoms with E-state index in [0.717, 1.165) is 5.56 Å². The molecule has 0 N–H and O–H groups in total. The third-order valence-corrected chi connectivity index (χ3v) is 3.67. The van der Waals surface area contributed by atoms with Crippen molar-refractivity contribution in [3.8, 4) is 0 Å². The van der Waals surface area contributed by atoms with Crippen LogP contribution >= 0.6 is 11.3 Å². The molecule has 0 unspecified atom stereocenters. The lowest BCUT2D eigenvalue weighted by Gasteiger charge is -2.35. The Morgan fingerprint density at radius 2 is 1.75 bits per heavy atom. The summed E-state index contributed by atoms with van der Waals surface area (Å²) >= 11 is 1.51. The molecular weight excluding hydrogens is 276 g/mol. The smallest absolute Gasteiger partial charge is 0.410 e. The summed E-state index contributed by atoms with van der Waals surface area (Å²) in [6.07, 6.45) is -0.305. The van der Waals surface area contributed by atoms with Crippen LogP contribution in [0.1, 0.15) is 31.1 Å². The van der Waals surface area contributed by atoms with E-state index in [2.05, 4.69) is 0 Å². The van der Waals surface area contributed by atoms with Gasteiger partial charge in [0.1, 0.15) is 5.60 Å². The fourth-order valence-electron chi connectivity index (χ4n) is 1.99. The largest absolute Gasteiger partial charge is 0.444 e. The molecular formula is C14H20N2O3S. The van der Waals surface area contributed by atoms with Crippen LogP contribution in [-0.4, -0.2) is 53.6 Å². The van der Waals surface area contributed by atoms with Crippen molar-refractivity contribution >= 4 is 23.3 Å². The molecule has 6 heteroatoms. The van der Waals surface area contributed by atoms with E-state index in [1.165, 1.54) is 11.3 Å². The van der Waals surface area contributed by atoms with E-state index in [1.54, 1.807) is 9.80 Å². The molecule has 0 spiro atoms. The molecule has 0 bridgehead atoms. The maximum atomic E-state index is 12.2. The number of rotatable bonds is 1. The van der Waals surface area contributed by atoms with E-state index in [-0.39, 0.29) is 12.0 Å². The second kappa shape index (κ2) is 5.83. The normalized spacial score (nSPS) is 16.1. The topological polar surface area (TPSA) is 49.9 Å². The number of hydrogen-bond acceptors (Lipinski definition) is 4. The summed E-state index contributed by atoms with van der Waals surface area (Å²) in [5.74, 6) is 0.0371. The second-order valence-corrected chi connectivity index (χ2v) is 6.55. The monoisotopic (exact) mass is 296 g/mol. The number of thiophene rings is 1. The third kappa shape index (κ3) is 3.72. The molecule has 1 aromatic heterocycles. The summed E-state index contributed by atoms with van der Waals surface area (Å²) in [6, 6.07) is 1.83.